The molecule has 0 saturated carbocycles. The van der Waals surface area contributed by atoms with E-state index in [0.29, 0.717) is 54.4 Å². The van der Waals surface area contributed by atoms with Crippen LogP contribution in [0.15, 0.2) is 60.7 Å². The van der Waals surface area contributed by atoms with Crippen LogP contribution in [0, 0.1) is 6.92 Å². The summed E-state index contributed by atoms with van der Waals surface area (Å²) in [7, 11) is 1.61. The Bertz CT molecular complexity index is 1650. The van der Waals surface area contributed by atoms with Crippen molar-refractivity contribution in [3.8, 4) is 5.75 Å². The second kappa shape index (κ2) is 10.4. The number of amides is 3. The van der Waals surface area contributed by atoms with Gasteiger partial charge in [-0.3, -0.25) is 19.3 Å². The molecule has 2 aliphatic heterocycles. The van der Waals surface area contributed by atoms with E-state index < -0.39 is 0 Å². The monoisotopic (exact) mass is 556 g/mol. The number of rotatable bonds is 6. The number of hydrogen-bond donors (Lipinski definition) is 1. The number of nitrogens with zero attached hydrogens (tertiary/aromatic N) is 3. The SMILES string of the molecule is COc1cccc(CCN2C(=O)c3cccc(N4CCN(C(=O)c5[nH]c6ccc(Cl)cc6c5C)CC4)c3C2=O)c1. The number of imide groups is 1. The Labute approximate surface area is 237 Å². The van der Waals surface area contributed by atoms with E-state index in [0.717, 1.165) is 33.5 Å². The molecule has 0 aliphatic carbocycles. The fourth-order valence-corrected chi connectivity index (χ4v) is 5.84. The molecule has 9 heteroatoms. The lowest BCUT2D eigenvalue weighted by Crippen LogP contribution is -2.49. The van der Waals surface area contributed by atoms with Gasteiger partial charge in [-0.25, -0.2) is 0 Å². The van der Waals surface area contributed by atoms with Gasteiger partial charge in [0.15, 0.2) is 0 Å². The van der Waals surface area contributed by atoms with E-state index in [2.05, 4.69) is 9.88 Å². The highest BCUT2D eigenvalue weighted by molar-refractivity contribution is 6.31. The number of hydrogen-bond acceptors (Lipinski definition) is 5. The molecule has 4 aromatic rings. The molecule has 1 saturated heterocycles. The van der Waals surface area contributed by atoms with Crippen LogP contribution in [-0.2, 0) is 6.42 Å². The lowest BCUT2D eigenvalue weighted by Gasteiger charge is -2.36. The number of carbonyl (C=O) groups excluding carboxylic acids is 3. The van der Waals surface area contributed by atoms with Crippen molar-refractivity contribution in [1.29, 1.82) is 0 Å². The largest absolute Gasteiger partial charge is 0.497 e. The molecule has 0 unspecified atom stereocenters. The lowest BCUT2D eigenvalue weighted by molar-refractivity contribution is 0.0654. The van der Waals surface area contributed by atoms with Crippen LogP contribution in [-0.4, -0.2) is 72.3 Å². The van der Waals surface area contributed by atoms with E-state index in [9.17, 15) is 14.4 Å². The minimum atomic E-state index is -0.274. The van der Waals surface area contributed by atoms with Crippen LogP contribution in [0.5, 0.6) is 5.75 Å². The zero-order chi connectivity index (χ0) is 28.0. The van der Waals surface area contributed by atoms with E-state index in [-0.39, 0.29) is 24.3 Å². The van der Waals surface area contributed by atoms with Gasteiger partial charge in [0.25, 0.3) is 17.7 Å². The Morgan fingerprint density at radius 1 is 0.975 bits per heavy atom. The Hall–Kier alpha value is -4.30. The number of aromatic amines is 1. The Balaban J connectivity index is 1.16. The average Bonchev–Trinajstić information content (AvgIpc) is 3.44. The third kappa shape index (κ3) is 4.48. The van der Waals surface area contributed by atoms with E-state index in [1.54, 1.807) is 19.2 Å². The molecule has 0 atom stereocenters. The number of benzene rings is 3. The van der Waals surface area contributed by atoms with Crippen LogP contribution in [0.2, 0.25) is 5.02 Å². The minimum absolute atomic E-state index is 0.0577. The highest BCUT2D eigenvalue weighted by atomic mass is 35.5. The number of ether oxygens (including phenoxy) is 1. The zero-order valence-corrected chi connectivity index (χ0v) is 23.1. The van der Waals surface area contributed by atoms with Crippen molar-refractivity contribution >= 4 is 45.9 Å². The minimum Gasteiger partial charge on any atom is -0.497 e. The molecule has 8 nitrogen and oxygen atoms in total. The maximum atomic E-state index is 13.5. The molecule has 2 aliphatic rings. The van der Waals surface area contributed by atoms with Gasteiger partial charge in [0, 0.05) is 48.6 Å². The van der Waals surface area contributed by atoms with Crippen LogP contribution in [0.25, 0.3) is 10.9 Å². The standard InChI is InChI=1S/C31H29ClN4O4/c1-19-24-18-21(32)9-10-25(24)33-28(19)31(39)35-15-13-34(14-16-35)26-8-4-7-23-27(26)30(38)36(29(23)37)12-11-20-5-3-6-22(17-20)40-2/h3-10,17-18,33H,11-16H2,1-2H3. The van der Waals surface area contributed by atoms with Crippen LogP contribution in [0.1, 0.15) is 42.3 Å². The molecule has 40 heavy (non-hydrogen) atoms. The Morgan fingerprint density at radius 3 is 2.52 bits per heavy atom. The number of H-pyrrole nitrogens is 1. The smallest absolute Gasteiger partial charge is 0.270 e. The van der Waals surface area contributed by atoms with Gasteiger partial charge < -0.3 is 19.5 Å². The van der Waals surface area contributed by atoms with Gasteiger partial charge >= 0.3 is 0 Å². The van der Waals surface area contributed by atoms with Gasteiger partial charge in [-0.15, -0.1) is 0 Å². The van der Waals surface area contributed by atoms with Gasteiger partial charge in [0.1, 0.15) is 11.4 Å². The quantitative estimate of drug-likeness (QED) is 0.340. The van der Waals surface area contributed by atoms with E-state index in [1.165, 1.54) is 4.90 Å². The molecule has 3 aromatic carbocycles. The number of aryl methyl sites for hydroxylation is 1. The predicted molar refractivity (Wildman–Crippen MR) is 155 cm³/mol. The highest BCUT2D eigenvalue weighted by Gasteiger charge is 2.38. The molecule has 1 fully saturated rings. The van der Waals surface area contributed by atoms with E-state index in [1.807, 2.05) is 60.4 Å². The molecule has 6 rings (SSSR count). The second-order valence-electron chi connectivity index (χ2n) is 10.2. The van der Waals surface area contributed by atoms with Gasteiger partial charge in [0.2, 0.25) is 0 Å². The zero-order valence-electron chi connectivity index (χ0n) is 22.4. The summed E-state index contributed by atoms with van der Waals surface area (Å²) < 4.78 is 5.29. The van der Waals surface area contributed by atoms with Crippen molar-refractivity contribution in [2.45, 2.75) is 13.3 Å². The summed E-state index contributed by atoms with van der Waals surface area (Å²) in [6, 6.07) is 18.6. The predicted octanol–water partition coefficient (Wildman–Crippen LogP) is 4.94. The number of methoxy groups -OCH3 is 1. The normalized spacial score (nSPS) is 15.2. The van der Waals surface area contributed by atoms with Crippen LogP contribution in [0.3, 0.4) is 0 Å². The Morgan fingerprint density at radius 2 is 1.75 bits per heavy atom. The fourth-order valence-electron chi connectivity index (χ4n) is 5.67. The van der Waals surface area contributed by atoms with Gasteiger partial charge in [-0.2, -0.15) is 0 Å². The number of aromatic nitrogens is 1. The van der Waals surface area contributed by atoms with Gasteiger partial charge in [0.05, 0.1) is 23.9 Å². The molecule has 0 bridgehead atoms. The van der Waals surface area contributed by atoms with Gasteiger partial charge in [-0.05, 0) is 66.9 Å². The Kier molecular flexibility index (Phi) is 6.72. The molecule has 0 radical (unpaired) electrons. The van der Waals surface area contributed by atoms with E-state index in [4.69, 9.17) is 16.3 Å². The topological polar surface area (TPSA) is 85.9 Å². The average molecular weight is 557 g/mol. The van der Waals surface area contributed by atoms with Crippen LogP contribution < -0.4 is 9.64 Å². The number of piperazine rings is 1. The van der Waals surface area contributed by atoms with Crippen molar-refractivity contribution in [2.75, 3.05) is 44.7 Å². The number of carbonyl (C=O) groups is 3. The number of anilines is 1. The third-order valence-electron chi connectivity index (χ3n) is 7.88. The number of fused-ring (bicyclic) bond motifs is 2. The first-order valence-corrected chi connectivity index (χ1v) is 13.7. The van der Waals surface area contributed by atoms with Crippen LogP contribution >= 0.6 is 11.6 Å². The first-order valence-electron chi connectivity index (χ1n) is 13.3. The van der Waals surface area contributed by atoms with E-state index >= 15 is 0 Å². The summed E-state index contributed by atoms with van der Waals surface area (Å²) in [5, 5.41) is 1.57. The summed E-state index contributed by atoms with van der Waals surface area (Å²) in [5.74, 6) is 0.138. The maximum absolute atomic E-state index is 13.5. The van der Waals surface area contributed by atoms with Crippen molar-refractivity contribution in [3.05, 3.63) is 93.6 Å². The van der Waals surface area contributed by atoms with Gasteiger partial charge in [-0.1, -0.05) is 29.8 Å². The van der Waals surface area contributed by atoms with Crippen molar-refractivity contribution < 1.29 is 19.1 Å². The first-order chi connectivity index (χ1) is 19.4. The first kappa shape index (κ1) is 26.0. The molecule has 3 amide bonds. The molecule has 1 N–H and O–H groups in total. The summed E-state index contributed by atoms with van der Waals surface area (Å²) in [6.07, 6.45) is 0.540. The van der Waals surface area contributed by atoms with Crippen molar-refractivity contribution in [2.24, 2.45) is 0 Å². The number of halogens is 1. The molecule has 204 valence electrons. The lowest BCUT2D eigenvalue weighted by atomic mass is 10.1. The molecule has 1 aromatic heterocycles. The van der Waals surface area contributed by atoms with Crippen molar-refractivity contribution in [3.63, 3.8) is 0 Å². The molecule has 0 spiro atoms. The maximum Gasteiger partial charge on any atom is 0.270 e. The number of nitrogens with one attached hydrogen (secondary N) is 1. The van der Waals surface area contributed by atoms with Crippen LogP contribution in [0.4, 0.5) is 5.69 Å². The summed E-state index contributed by atoms with van der Waals surface area (Å²) in [4.78, 5) is 48.6. The summed E-state index contributed by atoms with van der Waals surface area (Å²) in [6.45, 7) is 4.32. The highest BCUT2D eigenvalue weighted by Crippen LogP contribution is 2.33. The summed E-state index contributed by atoms with van der Waals surface area (Å²) in [5.41, 5.74) is 4.93. The molecular formula is C31H29ClN4O4. The third-order valence-corrected chi connectivity index (χ3v) is 8.11. The molecular weight excluding hydrogens is 528 g/mol. The fraction of sp³-hybridized carbons (Fsp3) is 0.258. The molecule has 3 heterocycles. The summed E-state index contributed by atoms with van der Waals surface area (Å²) >= 11 is 6.16. The van der Waals surface area contributed by atoms with Crippen molar-refractivity contribution in [1.82, 2.24) is 14.8 Å². The second-order valence-corrected chi connectivity index (χ2v) is 10.6.